The number of ether oxygens (including phenoxy) is 1. The minimum Gasteiger partial charge on any atom is -0.444 e. The van der Waals surface area contributed by atoms with Crippen molar-refractivity contribution in [3.63, 3.8) is 0 Å². The van der Waals surface area contributed by atoms with Crippen LogP contribution in [0.4, 0.5) is 4.79 Å². The summed E-state index contributed by atoms with van der Waals surface area (Å²) in [7, 11) is 0. The van der Waals surface area contributed by atoms with Gasteiger partial charge in [-0.25, -0.2) is 4.79 Å². The fourth-order valence-corrected chi connectivity index (χ4v) is 7.09. The van der Waals surface area contributed by atoms with Gasteiger partial charge in [0.25, 0.3) is 0 Å². The summed E-state index contributed by atoms with van der Waals surface area (Å²) >= 11 is 0. The summed E-state index contributed by atoms with van der Waals surface area (Å²) in [6, 6.07) is 10.0. The summed E-state index contributed by atoms with van der Waals surface area (Å²) in [4.78, 5) is 45.8. The number of rotatable bonds is 6. The second-order valence-corrected chi connectivity index (χ2v) is 13.1. The van der Waals surface area contributed by atoms with Crippen molar-refractivity contribution in [1.29, 1.82) is 5.26 Å². The number of likely N-dealkylation sites (tertiary alicyclic amines) is 3. The lowest BCUT2D eigenvalue weighted by Crippen LogP contribution is -2.53. The monoisotopic (exact) mass is 575 g/mol. The van der Waals surface area contributed by atoms with Crippen molar-refractivity contribution >= 4 is 28.8 Å². The topological polar surface area (TPSA) is 98.9 Å². The lowest BCUT2D eigenvalue weighted by atomic mass is 9.96. The average Bonchev–Trinajstić information content (AvgIpc) is 3.72. The molecule has 0 spiro atoms. The fraction of sp³-hybridized carbons (Fsp3) is 0.636. The molecule has 3 fully saturated rings. The lowest BCUT2D eigenvalue weighted by molar-refractivity contribution is -0.147. The average molecular weight is 576 g/mol. The van der Waals surface area contributed by atoms with Crippen molar-refractivity contribution in [2.24, 2.45) is 5.92 Å². The predicted octanol–water partition coefficient (Wildman–Crippen LogP) is 5.09. The maximum Gasteiger partial charge on any atom is 0.410 e. The zero-order valence-corrected chi connectivity index (χ0v) is 25.6. The molecule has 4 heterocycles. The van der Waals surface area contributed by atoms with E-state index in [1.807, 2.05) is 48.8 Å². The van der Waals surface area contributed by atoms with E-state index in [1.54, 1.807) is 4.90 Å². The predicted molar refractivity (Wildman–Crippen MR) is 161 cm³/mol. The Labute approximate surface area is 249 Å². The lowest BCUT2D eigenvalue weighted by Gasteiger charge is -2.37. The van der Waals surface area contributed by atoms with E-state index in [-0.39, 0.29) is 29.9 Å². The summed E-state index contributed by atoms with van der Waals surface area (Å²) in [5, 5.41) is 10.5. The molecule has 0 aliphatic carbocycles. The Morgan fingerprint density at radius 1 is 0.976 bits per heavy atom. The Morgan fingerprint density at radius 3 is 2.45 bits per heavy atom. The maximum absolute atomic E-state index is 13.9. The van der Waals surface area contributed by atoms with Crippen molar-refractivity contribution in [1.82, 2.24) is 19.3 Å². The highest BCUT2D eigenvalue weighted by Crippen LogP contribution is 2.31. The molecule has 9 heteroatoms. The molecule has 5 rings (SSSR count). The molecule has 3 atom stereocenters. The van der Waals surface area contributed by atoms with Crippen LogP contribution in [-0.2, 0) is 27.3 Å². The summed E-state index contributed by atoms with van der Waals surface area (Å²) in [6.45, 7) is 10.8. The van der Waals surface area contributed by atoms with E-state index in [9.17, 15) is 19.6 Å². The normalized spacial score (nSPS) is 22.9. The first-order chi connectivity index (χ1) is 20.1. The van der Waals surface area contributed by atoms with Gasteiger partial charge in [0.15, 0.2) is 0 Å². The van der Waals surface area contributed by atoms with Crippen LogP contribution >= 0.6 is 0 Å². The third kappa shape index (κ3) is 6.28. The first-order valence-electron chi connectivity index (χ1n) is 15.7. The highest BCUT2D eigenvalue weighted by Gasteiger charge is 2.42. The number of aryl methyl sites for hydroxylation is 2. The van der Waals surface area contributed by atoms with Crippen molar-refractivity contribution in [2.45, 2.75) is 103 Å². The van der Waals surface area contributed by atoms with Gasteiger partial charge >= 0.3 is 6.09 Å². The van der Waals surface area contributed by atoms with Crippen LogP contribution in [0.15, 0.2) is 24.3 Å². The Balaban J connectivity index is 1.23. The summed E-state index contributed by atoms with van der Waals surface area (Å²) in [5.74, 6) is -0.219. The molecule has 1 aromatic carbocycles. The first-order valence-corrected chi connectivity index (χ1v) is 15.7. The van der Waals surface area contributed by atoms with Gasteiger partial charge in [-0.1, -0.05) is 6.07 Å². The van der Waals surface area contributed by atoms with Gasteiger partial charge in [0.2, 0.25) is 11.8 Å². The van der Waals surface area contributed by atoms with Crippen LogP contribution in [0.2, 0.25) is 0 Å². The van der Waals surface area contributed by atoms with Crippen LogP contribution in [-0.4, -0.2) is 81.0 Å². The standard InChI is InChI=1S/C33H45N5O4/c1-5-36-27(20-24-13-12-23(21-34)19-29(24)36)15-14-26-10-7-17-37(26)31(40)28-11-8-18-38(28)30(39)25-9-6-16-35(22-25)32(41)42-33(2,3)4/h12-13,19-20,25-26,28H,5-11,14-18,22H2,1-4H3/t25?,26-,28+/m0/s1. The van der Waals surface area contributed by atoms with E-state index in [0.29, 0.717) is 31.6 Å². The third-order valence-electron chi connectivity index (χ3n) is 9.07. The van der Waals surface area contributed by atoms with E-state index >= 15 is 0 Å². The number of nitrogens with zero attached hydrogens (tertiary/aromatic N) is 5. The molecule has 226 valence electrons. The van der Waals surface area contributed by atoms with E-state index < -0.39 is 11.6 Å². The molecule has 9 nitrogen and oxygen atoms in total. The number of hydrogen-bond acceptors (Lipinski definition) is 5. The van der Waals surface area contributed by atoms with Crippen molar-refractivity contribution < 1.29 is 19.1 Å². The van der Waals surface area contributed by atoms with Crippen molar-refractivity contribution in [3.05, 3.63) is 35.5 Å². The van der Waals surface area contributed by atoms with E-state index in [4.69, 9.17) is 4.74 Å². The molecule has 3 aliphatic rings. The summed E-state index contributed by atoms with van der Waals surface area (Å²) in [5.41, 5.74) is 2.39. The molecule has 1 unspecified atom stereocenters. The van der Waals surface area contributed by atoms with E-state index in [1.165, 1.54) is 5.69 Å². The number of carbonyl (C=O) groups is 3. The molecule has 2 aromatic rings. The molecule has 0 radical (unpaired) electrons. The van der Waals surface area contributed by atoms with Gasteiger partial charge in [0.05, 0.1) is 17.6 Å². The zero-order valence-electron chi connectivity index (χ0n) is 25.6. The van der Waals surface area contributed by atoms with Gasteiger partial charge in [-0.15, -0.1) is 0 Å². The number of fused-ring (bicyclic) bond motifs is 1. The van der Waals surface area contributed by atoms with E-state index in [2.05, 4.69) is 23.6 Å². The van der Waals surface area contributed by atoms with Crippen LogP contribution in [0, 0.1) is 17.2 Å². The van der Waals surface area contributed by atoms with Crippen LogP contribution in [0.5, 0.6) is 0 Å². The molecule has 3 aliphatic heterocycles. The smallest absolute Gasteiger partial charge is 0.410 e. The number of piperidine rings is 1. The second-order valence-electron chi connectivity index (χ2n) is 13.1. The SMILES string of the molecule is CCn1c(CC[C@@H]2CCCN2C(=O)[C@H]2CCCN2C(=O)C2CCCN(C(=O)OC(C)(C)C)C2)cc2ccc(C#N)cc21. The van der Waals surface area contributed by atoms with Crippen LogP contribution in [0.3, 0.4) is 0 Å². The third-order valence-corrected chi connectivity index (χ3v) is 9.07. The zero-order chi connectivity index (χ0) is 30.0. The Kier molecular flexibility index (Phi) is 8.81. The highest BCUT2D eigenvalue weighted by molar-refractivity contribution is 5.90. The molecule has 3 saturated heterocycles. The van der Waals surface area contributed by atoms with Gasteiger partial charge in [-0.05, 0) is 103 Å². The number of benzene rings is 1. The van der Waals surface area contributed by atoms with E-state index in [0.717, 1.165) is 68.9 Å². The van der Waals surface area contributed by atoms with Gasteiger partial charge in [0, 0.05) is 50.0 Å². The van der Waals surface area contributed by atoms with Gasteiger partial charge in [-0.3, -0.25) is 9.59 Å². The molecular formula is C33H45N5O4. The molecule has 1 aromatic heterocycles. The molecule has 0 bridgehead atoms. The number of aromatic nitrogens is 1. The molecule has 42 heavy (non-hydrogen) atoms. The fourth-order valence-electron chi connectivity index (χ4n) is 7.09. The quantitative estimate of drug-likeness (QED) is 0.478. The largest absolute Gasteiger partial charge is 0.444 e. The Bertz CT molecular complexity index is 1370. The minimum atomic E-state index is -0.583. The molecule has 0 saturated carbocycles. The molecular weight excluding hydrogens is 530 g/mol. The van der Waals surface area contributed by atoms with Crippen molar-refractivity contribution in [3.8, 4) is 6.07 Å². The van der Waals surface area contributed by atoms with Gasteiger partial charge in [-0.2, -0.15) is 5.26 Å². The number of amides is 3. The van der Waals surface area contributed by atoms with Crippen LogP contribution < -0.4 is 0 Å². The van der Waals surface area contributed by atoms with Gasteiger partial charge < -0.3 is 24.0 Å². The highest BCUT2D eigenvalue weighted by atomic mass is 16.6. The Morgan fingerprint density at radius 2 is 1.71 bits per heavy atom. The van der Waals surface area contributed by atoms with Crippen LogP contribution in [0.1, 0.15) is 83.9 Å². The molecule has 3 amide bonds. The van der Waals surface area contributed by atoms with Gasteiger partial charge in [0.1, 0.15) is 11.6 Å². The summed E-state index contributed by atoms with van der Waals surface area (Å²) < 4.78 is 7.83. The number of carbonyl (C=O) groups excluding carboxylic acids is 3. The van der Waals surface area contributed by atoms with Crippen LogP contribution in [0.25, 0.3) is 10.9 Å². The minimum absolute atomic E-state index is 0.000873. The first kappa shape index (κ1) is 29.9. The molecule has 0 N–H and O–H groups in total. The number of nitriles is 1. The Hall–Kier alpha value is -3.54. The second kappa shape index (κ2) is 12.4. The van der Waals surface area contributed by atoms with Crippen molar-refractivity contribution in [2.75, 3.05) is 26.2 Å². The number of hydrogen-bond donors (Lipinski definition) is 0. The maximum atomic E-state index is 13.9. The summed E-state index contributed by atoms with van der Waals surface area (Å²) in [6.07, 6.45) is 6.31.